The molecule has 40 heavy (non-hydrogen) atoms. The molecule has 0 saturated carbocycles. The fourth-order valence-electron chi connectivity index (χ4n) is 5.39. The zero-order valence-corrected chi connectivity index (χ0v) is 24.9. The number of fused-ring (bicyclic) bond motifs is 1. The van der Waals surface area contributed by atoms with Crippen molar-refractivity contribution in [2.24, 2.45) is 0 Å². The summed E-state index contributed by atoms with van der Waals surface area (Å²) in [6.45, 7) is 11.2. The molecular formula is C33H42N4O3. The zero-order chi connectivity index (χ0) is 29.0. The van der Waals surface area contributed by atoms with Gasteiger partial charge in [0.1, 0.15) is 17.1 Å². The fraction of sp³-hybridized carbons (Fsp3) is 0.424. The average molecular weight is 543 g/mol. The lowest BCUT2D eigenvalue weighted by molar-refractivity contribution is -0.145. The number of carboxylic acid groups (broad SMARTS) is 1. The number of aromatic nitrogens is 3. The van der Waals surface area contributed by atoms with Gasteiger partial charge in [0.05, 0.1) is 6.54 Å². The Bertz CT molecular complexity index is 1480. The molecule has 0 aliphatic heterocycles. The summed E-state index contributed by atoms with van der Waals surface area (Å²) < 4.78 is 8.68. The number of aryl methyl sites for hydroxylation is 5. The van der Waals surface area contributed by atoms with Crippen LogP contribution >= 0.6 is 0 Å². The van der Waals surface area contributed by atoms with Gasteiger partial charge in [-0.25, -0.2) is 14.8 Å². The number of nitrogens with zero attached hydrogens (tertiary/aromatic N) is 4. The molecule has 0 aliphatic carbocycles. The molecule has 7 heteroatoms. The standard InChI is InChI=1S/C33H42N4O3/c1-8-12-24-17-23(20-37-28(10-3)35-29-21(4)16-22(5)34-32(29)37)18-25(13-9-2)30(24)40-31(33(38)39)26-14-11-15-27(19-26)36(6)7/h11,14-19,31H,8-10,12-13,20H2,1-7H3,(H,38,39). The Labute approximate surface area is 237 Å². The van der Waals surface area contributed by atoms with Crippen LogP contribution in [0, 0.1) is 13.8 Å². The molecule has 0 fully saturated rings. The number of aliphatic carboxylic acids is 1. The maximum absolute atomic E-state index is 12.5. The van der Waals surface area contributed by atoms with Crippen LogP contribution in [-0.2, 0) is 30.6 Å². The van der Waals surface area contributed by atoms with Gasteiger partial charge in [0, 0.05) is 37.5 Å². The van der Waals surface area contributed by atoms with Gasteiger partial charge in [-0.1, -0.05) is 57.9 Å². The van der Waals surface area contributed by atoms with Crippen molar-refractivity contribution in [1.82, 2.24) is 14.5 Å². The van der Waals surface area contributed by atoms with E-state index < -0.39 is 12.1 Å². The van der Waals surface area contributed by atoms with Crippen LogP contribution < -0.4 is 9.64 Å². The maximum atomic E-state index is 12.5. The number of ether oxygens (including phenoxy) is 1. The molecule has 212 valence electrons. The van der Waals surface area contributed by atoms with Crippen LogP contribution in [0.15, 0.2) is 42.5 Å². The molecule has 7 nitrogen and oxygen atoms in total. The van der Waals surface area contributed by atoms with Crippen molar-refractivity contribution >= 4 is 22.8 Å². The van der Waals surface area contributed by atoms with Crippen molar-refractivity contribution < 1.29 is 14.6 Å². The molecule has 1 atom stereocenters. The Kier molecular flexibility index (Phi) is 9.13. The van der Waals surface area contributed by atoms with Crippen LogP contribution in [-0.4, -0.2) is 39.7 Å². The summed E-state index contributed by atoms with van der Waals surface area (Å²) in [5.41, 5.74) is 8.78. The molecule has 0 bridgehead atoms. The largest absolute Gasteiger partial charge is 0.478 e. The summed E-state index contributed by atoms with van der Waals surface area (Å²) in [6.07, 6.45) is 3.15. The summed E-state index contributed by atoms with van der Waals surface area (Å²) in [7, 11) is 3.89. The Balaban J connectivity index is 1.80. The number of carboxylic acids is 1. The number of pyridine rings is 1. The molecule has 0 aliphatic rings. The molecule has 1 N–H and O–H groups in total. The van der Waals surface area contributed by atoms with Crippen molar-refractivity contribution in [3.8, 4) is 5.75 Å². The van der Waals surface area contributed by atoms with E-state index in [0.717, 1.165) is 82.7 Å². The summed E-state index contributed by atoms with van der Waals surface area (Å²) in [5.74, 6) is 0.711. The van der Waals surface area contributed by atoms with Gasteiger partial charge in [-0.05, 0) is 67.1 Å². The predicted molar refractivity (Wildman–Crippen MR) is 162 cm³/mol. The van der Waals surface area contributed by atoms with E-state index in [1.54, 1.807) is 0 Å². The third-order valence-corrected chi connectivity index (χ3v) is 7.25. The molecule has 2 aromatic heterocycles. The van der Waals surface area contributed by atoms with E-state index >= 15 is 0 Å². The molecule has 1 unspecified atom stereocenters. The molecule has 0 radical (unpaired) electrons. The number of rotatable bonds is 12. The van der Waals surface area contributed by atoms with Crippen molar-refractivity contribution in [1.29, 1.82) is 0 Å². The van der Waals surface area contributed by atoms with Gasteiger partial charge in [-0.3, -0.25) is 0 Å². The number of anilines is 1. The van der Waals surface area contributed by atoms with E-state index in [9.17, 15) is 9.90 Å². The van der Waals surface area contributed by atoms with E-state index in [2.05, 4.69) is 50.5 Å². The van der Waals surface area contributed by atoms with Crippen LogP contribution in [0.3, 0.4) is 0 Å². The van der Waals surface area contributed by atoms with Crippen molar-refractivity contribution in [2.45, 2.75) is 79.4 Å². The van der Waals surface area contributed by atoms with E-state index in [-0.39, 0.29) is 0 Å². The maximum Gasteiger partial charge on any atom is 0.349 e. The molecule has 2 heterocycles. The molecule has 4 rings (SSSR count). The SMILES string of the molecule is CCCc1cc(Cn2c(CC)nc3c(C)cc(C)nc32)cc(CCC)c1OC(C(=O)O)c1cccc(N(C)C)c1. The number of imidazole rings is 1. The molecule has 4 aromatic rings. The monoisotopic (exact) mass is 542 g/mol. The lowest BCUT2D eigenvalue weighted by Crippen LogP contribution is -2.20. The van der Waals surface area contributed by atoms with Gasteiger partial charge in [0.15, 0.2) is 5.65 Å². The highest BCUT2D eigenvalue weighted by Crippen LogP contribution is 2.34. The van der Waals surface area contributed by atoms with Gasteiger partial charge < -0.3 is 19.3 Å². The first-order valence-electron chi connectivity index (χ1n) is 14.3. The van der Waals surface area contributed by atoms with Crippen molar-refractivity contribution in [3.05, 3.63) is 81.8 Å². The van der Waals surface area contributed by atoms with Crippen molar-refractivity contribution in [2.75, 3.05) is 19.0 Å². The van der Waals surface area contributed by atoms with E-state index in [0.29, 0.717) is 17.9 Å². The first kappa shape index (κ1) is 29.1. The highest BCUT2D eigenvalue weighted by Gasteiger charge is 2.26. The second-order valence-electron chi connectivity index (χ2n) is 10.8. The Morgan fingerprint density at radius 1 is 1.00 bits per heavy atom. The Morgan fingerprint density at radius 2 is 1.68 bits per heavy atom. The fourth-order valence-corrected chi connectivity index (χ4v) is 5.39. The third kappa shape index (κ3) is 6.14. The van der Waals surface area contributed by atoms with Crippen LogP contribution in [0.2, 0.25) is 0 Å². The zero-order valence-electron chi connectivity index (χ0n) is 24.9. The predicted octanol–water partition coefficient (Wildman–Crippen LogP) is 6.83. The minimum Gasteiger partial charge on any atom is -0.478 e. The molecule has 0 saturated heterocycles. The van der Waals surface area contributed by atoms with E-state index in [1.165, 1.54) is 0 Å². The molecule has 0 amide bonds. The first-order valence-corrected chi connectivity index (χ1v) is 14.3. The quantitative estimate of drug-likeness (QED) is 0.211. The van der Waals surface area contributed by atoms with E-state index in [4.69, 9.17) is 14.7 Å². The van der Waals surface area contributed by atoms with Gasteiger partial charge in [0.2, 0.25) is 6.10 Å². The van der Waals surface area contributed by atoms with Crippen LogP contribution in [0.25, 0.3) is 11.2 Å². The van der Waals surface area contributed by atoms with Crippen LogP contribution in [0.1, 0.15) is 79.1 Å². The topological polar surface area (TPSA) is 80.5 Å². The minimum atomic E-state index is -1.10. The van der Waals surface area contributed by atoms with E-state index in [1.807, 2.05) is 50.2 Å². The second-order valence-corrected chi connectivity index (χ2v) is 10.8. The van der Waals surface area contributed by atoms with Crippen molar-refractivity contribution in [3.63, 3.8) is 0 Å². The average Bonchev–Trinajstić information content (AvgIpc) is 3.26. The summed E-state index contributed by atoms with van der Waals surface area (Å²) in [6, 6.07) is 14.0. The second kappa shape index (κ2) is 12.5. The Hall–Kier alpha value is -3.87. The van der Waals surface area contributed by atoms with Crippen LogP contribution in [0.4, 0.5) is 5.69 Å². The number of hydrogen-bond acceptors (Lipinski definition) is 5. The smallest absolute Gasteiger partial charge is 0.349 e. The van der Waals surface area contributed by atoms with Gasteiger partial charge in [0.25, 0.3) is 0 Å². The molecular weight excluding hydrogens is 500 g/mol. The number of benzene rings is 2. The first-order chi connectivity index (χ1) is 19.2. The highest BCUT2D eigenvalue weighted by atomic mass is 16.5. The third-order valence-electron chi connectivity index (χ3n) is 7.25. The summed E-state index contributed by atoms with van der Waals surface area (Å²) >= 11 is 0. The minimum absolute atomic E-state index is 0.627. The van der Waals surface area contributed by atoms with Gasteiger partial charge in [-0.15, -0.1) is 0 Å². The summed E-state index contributed by atoms with van der Waals surface area (Å²) in [4.78, 5) is 24.2. The highest BCUT2D eigenvalue weighted by molar-refractivity contribution is 5.76. The number of hydrogen-bond donors (Lipinski definition) is 1. The lowest BCUT2D eigenvalue weighted by atomic mass is 9.97. The normalized spacial score (nSPS) is 12.1. The molecule has 0 spiro atoms. The van der Waals surface area contributed by atoms with Gasteiger partial charge in [-0.2, -0.15) is 0 Å². The summed E-state index contributed by atoms with van der Waals surface area (Å²) in [5, 5.41) is 10.2. The van der Waals surface area contributed by atoms with Crippen LogP contribution in [0.5, 0.6) is 5.75 Å². The van der Waals surface area contributed by atoms with Gasteiger partial charge >= 0.3 is 5.97 Å². The lowest BCUT2D eigenvalue weighted by Gasteiger charge is -2.23. The number of carbonyl (C=O) groups is 1. The molecule has 2 aromatic carbocycles. The Morgan fingerprint density at radius 3 is 2.25 bits per heavy atom.